The van der Waals surface area contributed by atoms with E-state index in [0.29, 0.717) is 16.8 Å². The molecule has 3 N–H and O–H groups in total. The van der Waals surface area contributed by atoms with E-state index in [0.717, 1.165) is 5.69 Å². The van der Waals surface area contributed by atoms with Gasteiger partial charge in [-0.25, -0.2) is 8.60 Å². The number of nitrogens with one attached hydrogen (secondary N) is 2. The Balaban J connectivity index is 1.93. The van der Waals surface area contributed by atoms with Crippen molar-refractivity contribution < 1.29 is 17.9 Å². The summed E-state index contributed by atoms with van der Waals surface area (Å²) >= 11 is -2.12. The van der Waals surface area contributed by atoms with Crippen LogP contribution >= 0.6 is 0 Å². The van der Waals surface area contributed by atoms with Crippen LogP contribution in [-0.4, -0.2) is 20.9 Å². The lowest BCUT2D eigenvalue weighted by Crippen LogP contribution is -2.01. The van der Waals surface area contributed by atoms with Crippen LogP contribution in [0.2, 0.25) is 0 Å². The highest BCUT2D eigenvalue weighted by molar-refractivity contribution is 7.80. The van der Waals surface area contributed by atoms with Crippen LogP contribution in [0, 0.1) is 5.82 Å². The third-order valence-electron chi connectivity index (χ3n) is 3.40. The summed E-state index contributed by atoms with van der Waals surface area (Å²) < 4.78 is 41.1. The van der Waals surface area contributed by atoms with Crippen molar-refractivity contribution in [3.63, 3.8) is 0 Å². The minimum atomic E-state index is -2.12. The van der Waals surface area contributed by atoms with Crippen molar-refractivity contribution in [3.8, 4) is 5.75 Å². The van der Waals surface area contributed by atoms with E-state index in [-0.39, 0.29) is 11.3 Å². The molecule has 0 aliphatic carbocycles. The van der Waals surface area contributed by atoms with E-state index in [9.17, 15) is 8.60 Å². The first-order valence-electron chi connectivity index (χ1n) is 6.94. The molecule has 0 fully saturated rings. The summed E-state index contributed by atoms with van der Waals surface area (Å²) in [7, 11) is 1.40. The number of methoxy groups -OCH3 is 1. The van der Waals surface area contributed by atoms with Crippen molar-refractivity contribution in [2.75, 3.05) is 17.1 Å². The first-order chi connectivity index (χ1) is 11.6. The molecule has 3 rings (SSSR count). The van der Waals surface area contributed by atoms with Gasteiger partial charge < -0.3 is 10.1 Å². The van der Waals surface area contributed by atoms with Crippen molar-refractivity contribution in [1.29, 1.82) is 0 Å². The topological polar surface area (TPSA) is 83.5 Å². The van der Waals surface area contributed by atoms with Gasteiger partial charge in [-0.15, -0.1) is 0 Å². The molecule has 0 spiro atoms. The zero-order valence-corrected chi connectivity index (χ0v) is 13.4. The quantitative estimate of drug-likeness (QED) is 0.613. The van der Waals surface area contributed by atoms with Gasteiger partial charge in [-0.3, -0.25) is 14.3 Å². The molecular formula is C16H14FN3O3S. The smallest absolute Gasteiger partial charge is 0.259 e. The number of hydrogen-bond acceptors (Lipinski definition) is 4. The molecule has 1 aromatic heterocycles. The summed E-state index contributed by atoms with van der Waals surface area (Å²) in [5.74, 6) is -0.372. The normalized spacial score (nSPS) is 12.0. The van der Waals surface area contributed by atoms with Crippen LogP contribution in [0.3, 0.4) is 0 Å². The molecule has 0 amide bonds. The fraction of sp³-hybridized carbons (Fsp3) is 0.0625. The fourth-order valence-electron chi connectivity index (χ4n) is 2.31. The number of aromatic nitrogens is 1. The molecule has 24 heavy (non-hydrogen) atoms. The van der Waals surface area contributed by atoms with Gasteiger partial charge in [0.1, 0.15) is 5.52 Å². The van der Waals surface area contributed by atoms with E-state index >= 15 is 0 Å². The first-order valence-corrected chi connectivity index (χ1v) is 8.05. The molecule has 8 heteroatoms. The van der Waals surface area contributed by atoms with Gasteiger partial charge in [-0.2, -0.15) is 0 Å². The predicted molar refractivity (Wildman–Crippen MR) is 92.4 cm³/mol. The maximum atomic E-state index is 14.3. The van der Waals surface area contributed by atoms with Gasteiger partial charge in [0.2, 0.25) is 0 Å². The number of benzene rings is 2. The molecule has 1 unspecified atom stereocenters. The van der Waals surface area contributed by atoms with Crippen molar-refractivity contribution in [1.82, 2.24) is 4.98 Å². The Kier molecular flexibility index (Phi) is 4.59. The first kappa shape index (κ1) is 16.2. The molecule has 0 bridgehead atoms. The van der Waals surface area contributed by atoms with Gasteiger partial charge in [0, 0.05) is 28.6 Å². The maximum absolute atomic E-state index is 14.3. The Bertz CT molecular complexity index is 903. The van der Waals surface area contributed by atoms with Crippen LogP contribution < -0.4 is 14.8 Å². The predicted octanol–water partition coefficient (Wildman–Crippen LogP) is 3.67. The van der Waals surface area contributed by atoms with E-state index in [1.165, 1.54) is 13.3 Å². The molecular weight excluding hydrogens is 333 g/mol. The number of pyridine rings is 1. The third-order valence-corrected chi connectivity index (χ3v) is 3.82. The second-order valence-corrected chi connectivity index (χ2v) is 5.59. The number of hydrogen-bond donors (Lipinski definition) is 3. The number of fused-ring (bicyclic) bond motifs is 1. The van der Waals surface area contributed by atoms with Crippen molar-refractivity contribution in [2.24, 2.45) is 0 Å². The fourth-order valence-corrected chi connectivity index (χ4v) is 2.65. The van der Waals surface area contributed by atoms with Crippen LogP contribution in [0.5, 0.6) is 5.75 Å². The average Bonchev–Trinajstić information content (AvgIpc) is 2.57. The van der Waals surface area contributed by atoms with Gasteiger partial charge >= 0.3 is 0 Å². The molecule has 0 aliphatic heterocycles. The van der Waals surface area contributed by atoms with Crippen molar-refractivity contribution in [3.05, 3.63) is 54.5 Å². The summed E-state index contributed by atoms with van der Waals surface area (Å²) in [6.07, 6.45) is 1.51. The number of rotatable bonds is 5. The Labute approximate surface area is 140 Å². The van der Waals surface area contributed by atoms with Gasteiger partial charge in [-0.05, 0) is 42.5 Å². The van der Waals surface area contributed by atoms with E-state index in [4.69, 9.17) is 9.29 Å². The molecule has 3 aromatic rings. The Morgan fingerprint density at radius 3 is 2.50 bits per heavy atom. The van der Waals surface area contributed by atoms with Crippen LogP contribution in [0.4, 0.5) is 21.5 Å². The Hall–Kier alpha value is -2.71. The van der Waals surface area contributed by atoms with Gasteiger partial charge in [0.05, 0.1) is 7.11 Å². The number of anilines is 3. The highest BCUT2D eigenvalue weighted by Crippen LogP contribution is 2.31. The van der Waals surface area contributed by atoms with Gasteiger partial charge in [-0.1, -0.05) is 0 Å². The highest BCUT2D eigenvalue weighted by atomic mass is 32.2. The van der Waals surface area contributed by atoms with Crippen LogP contribution in [0.25, 0.3) is 10.9 Å². The molecule has 0 aliphatic rings. The molecule has 1 heterocycles. The van der Waals surface area contributed by atoms with E-state index in [1.54, 1.807) is 42.5 Å². The monoisotopic (exact) mass is 347 g/mol. The van der Waals surface area contributed by atoms with Gasteiger partial charge in [0.15, 0.2) is 11.6 Å². The Morgan fingerprint density at radius 2 is 1.83 bits per heavy atom. The average molecular weight is 347 g/mol. The third kappa shape index (κ3) is 3.29. The van der Waals surface area contributed by atoms with Crippen LogP contribution in [-0.2, 0) is 11.3 Å². The summed E-state index contributed by atoms with van der Waals surface area (Å²) in [5, 5.41) is 3.80. The zero-order valence-electron chi connectivity index (χ0n) is 12.6. The number of halogens is 1. The van der Waals surface area contributed by atoms with Crippen molar-refractivity contribution >= 4 is 39.2 Å². The summed E-state index contributed by atoms with van der Waals surface area (Å²) in [6, 6.07) is 11.8. The lowest BCUT2D eigenvalue weighted by Gasteiger charge is -2.11. The minimum absolute atomic E-state index is 0.139. The summed E-state index contributed by atoms with van der Waals surface area (Å²) in [5.41, 5.74) is 2.16. The molecule has 6 nitrogen and oxygen atoms in total. The molecule has 0 saturated heterocycles. The summed E-state index contributed by atoms with van der Waals surface area (Å²) in [6.45, 7) is 0. The van der Waals surface area contributed by atoms with E-state index in [2.05, 4.69) is 15.0 Å². The maximum Gasteiger partial charge on any atom is 0.259 e. The summed E-state index contributed by atoms with van der Waals surface area (Å²) in [4.78, 5) is 4.07. The van der Waals surface area contributed by atoms with E-state index < -0.39 is 17.1 Å². The second kappa shape index (κ2) is 6.81. The molecule has 0 saturated carbocycles. The molecule has 124 valence electrons. The van der Waals surface area contributed by atoms with Gasteiger partial charge in [0.25, 0.3) is 11.3 Å². The largest absolute Gasteiger partial charge is 0.494 e. The second-order valence-electron chi connectivity index (χ2n) is 4.89. The number of ether oxygens (including phenoxy) is 1. The molecule has 2 aromatic carbocycles. The highest BCUT2D eigenvalue weighted by Gasteiger charge is 2.11. The SMILES string of the molecule is COc1ccc2c(Nc3ccc(NS(=O)O)cc3)ccnc2c1F. The minimum Gasteiger partial charge on any atom is -0.494 e. The standard InChI is InChI=1S/C16H14FN3O3S/c1-23-14-7-6-12-13(8-9-18-16(12)15(14)17)19-10-2-4-11(5-3-10)20-24(21)22/h2-9,20H,1H3,(H,18,19)(H,21,22). The zero-order chi connectivity index (χ0) is 17.1. The lowest BCUT2D eigenvalue weighted by molar-refractivity contribution is 0.388. The number of nitrogens with zero attached hydrogens (tertiary/aromatic N) is 1. The van der Waals surface area contributed by atoms with E-state index in [1.807, 2.05) is 0 Å². The van der Waals surface area contributed by atoms with Crippen LogP contribution in [0.1, 0.15) is 0 Å². The van der Waals surface area contributed by atoms with Crippen LogP contribution in [0.15, 0.2) is 48.7 Å². The molecule has 0 radical (unpaired) electrons. The molecule has 1 atom stereocenters. The lowest BCUT2D eigenvalue weighted by atomic mass is 10.1. The van der Waals surface area contributed by atoms with Crippen molar-refractivity contribution in [2.45, 2.75) is 0 Å². The Morgan fingerprint density at radius 1 is 1.12 bits per heavy atom.